The summed E-state index contributed by atoms with van der Waals surface area (Å²) in [4.78, 5) is 55.1. The fourth-order valence-corrected chi connectivity index (χ4v) is 4.25. The van der Waals surface area contributed by atoms with Gasteiger partial charge in [-0.05, 0) is 69.2 Å². The molecule has 0 fully saturated rings. The van der Waals surface area contributed by atoms with Crippen LogP contribution < -0.4 is 21.3 Å². The molecular formula is C33H39N9O3. The summed E-state index contributed by atoms with van der Waals surface area (Å²) in [5.41, 5.74) is 2.01. The van der Waals surface area contributed by atoms with Gasteiger partial charge in [-0.2, -0.15) is 4.98 Å². The number of likely N-dealkylation sites (N-methyl/N-ethyl adjacent to an activating group) is 2. The molecule has 45 heavy (non-hydrogen) atoms. The Kier molecular flexibility index (Phi) is 11.1. The van der Waals surface area contributed by atoms with E-state index < -0.39 is 11.9 Å². The van der Waals surface area contributed by atoms with Crippen molar-refractivity contribution in [2.24, 2.45) is 0 Å². The number of aromatic nitrogens is 3. The summed E-state index contributed by atoms with van der Waals surface area (Å²) in [6.07, 6.45) is 9.05. The molecule has 0 radical (unpaired) electrons. The highest BCUT2D eigenvalue weighted by Gasteiger charge is 2.21. The number of benzene rings is 2. The van der Waals surface area contributed by atoms with Crippen LogP contribution in [0.5, 0.6) is 0 Å². The zero-order valence-corrected chi connectivity index (χ0v) is 26.2. The summed E-state index contributed by atoms with van der Waals surface area (Å²) in [5, 5.41) is 14.2. The van der Waals surface area contributed by atoms with Crippen LogP contribution in [0.4, 0.5) is 28.8 Å². The first-order valence-electron chi connectivity index (χ1n) is 14.7. The van der Waals surface area contributed by atoms with E-state index in [4.69, 9.17) is 0 Å². The van der Waals surface area contributed by atoms with Crippen LogP contribution in [0.2, 0.25) is 0 Å². The quantitative estimate of drug-likeness (QED) is 0.158. The van der Waals surface area contributed by atoms with E-state index in [2.05, 4.69) is 36.2 Å². The molecule has 2 heterocycles. The third kappa shape index (κ3) is 9.07. The molecular weight excluding hydrogens is 570 g/mol. The van der Waals surface area contributed by atoms with E-state index in [9.17, 15) is 14.4 Å². The molecule has 2 aromatic carbocycles. The van der Waals surface area contributed by atoms with Crippen molar-refractivity contribution in [2.75, 3.05) is 55.5 Å². The van der Waals surface area contributed by atoms with E-state index in [0.717, 1.165) is 22.9 Å². The van der Waals surface area contributed by atoms with Crippen LogP contribution in [0.15, 0.2) is 79.3 Å². The SMILES string of the molecule is CCCNc1nc(Nc2ccc3cnccc3c2)ncc1C(=O)Nc1cccc(NC(=O)[C@H](C)N(C)C(=O)C=CCN(C)C)c1. The Morgan fingerprint density at radius 1 is 0.933 bits per heavy atom. The molecule has 0 bridgehead atoms. The Morgan fingerprint density at radius 3 is 2.47 bits per heavy atom. The van der Waals surface area contributed by atoms with Crippen LogP contribution >= 0.6 is 0 Å². The number of amides is 3. The van der Waals surface area contributed by atoms with Crippen LogP contribution in [0.1, 0.15) is 30.6 Å². The molecule has 12 nitrogen and oxygen atoms in total. The van der Waals surface area contributed by atoms with Crippen molar-refractivity contribution in [3.63, 3.8) is 0 Å². The first-order chi connectivity index (χ1) is 21.6. The van der Waals surface area contributed by atoms with E-state index in [1.807, 2.05) is 50.2 Å². The van der Waals surface area contributed by atoms with Crippen molar-refractivity contribution in [3.8, 4) is 0 Å². The summed E-state index contributed by atoms with van der Waals surface area (Å²) >= 11 is 0. The van der Waals surface area contributed by atoms with Crippen LogP contribution in [-0.2, 0) is 9.59 Å². The number of hydrogen-bond donors (Lipinski definition) is 4. The molecule has 3 amide bonds. The summed E-state index contributed by atoms with van der Waals surface area (Å²) in [6.45, 7) is 4.90. The maximum absolute atomic E-state index is 13.4. The van der Waals surface area contributed by atoms with E-state index in [0.29, 0.717) is 36.2 Å². The minimum Gasteiger partial charge on any atom is -0.369 e. The molecule has 1 atom stereocenters. The van der Waals surface area contributed by atoms with Gasteiger partial charge in [-0.3, -0.25) is 19.4 Å². The van der Waals surface area contributed by atoms with Gasteiger partial charge in [0.2, 0.25) is 17.8 Å². The van der Waals surface area contributed by atoms with Gasteiger partial charge in [0.15, 0.2) is 0 Å². The minimum atomic E-state index is -0.720. The lowest BCUT2D eigenvalue weighted by Gasteiger charge is -2.23. The zero-order chi connectivity index (χ0) is 32.3. The van der Waals surface area contributed by atoms with Crippen molar-refractivity contribution in [1.29, 1.82) is 0 Å². The van der Waals surface area contributed by atoms with Crippen molar-refractivity contribution in [1.82, 2.24) is 24.8 Å². The van der Waals surface area contributed by atoms with Crippen LogP contribution in [0.3, 0.4) is 0 Å². The largest absolute Gasteiger partial charge is 0.369 e. The van der Waals surface area contributed by atoms with Gasteiger partial charge >= 0.3 is 0 Å². The number of hydrogen-bond acceptors (Lipinski definition) is 9. The van der Waals surface area contributed by atoms with E-state index in [1.54, 1.807) is 56.7 Å². The van der Waals surface area contributed by atoms with E-state index >= 15 is 0 Å². The van der Waals surface area contributed by atoms with Crippen molar-refractivity contribution < 1.29 is 14.4 Å². The average molecular weight is 610 g/mol. The summed E-state index contributed by atoms with van der Waals surface area (Å²) in [7, 11) is 5.39. The maximum Gasteiger partial charge on any atom is 0.260 e. The number of carbonyl (C=O) groups is 3. The lowest BCUT2D eigenvalue weighted by atomic mass is 10.1. The first kappa shape index (κ1) is 32.6. The fraction of sp³-hybridized carbons (Fsp3) is 0.273. The van der Waals surface area contributed by atoms with Crippen molar-refractivity contribution >= 4 is 57.3 Å². The number of fused-ring (bicyclic) bond motifs is 1. The molecule has 0 unspecified atom stereocenters. The Labute approximate surface area is 263 Å². The number of pyridine rings is 1. The molecule has 0 spiro atoms. The third-order valence-electron chi connectivity index (χ3n) is 6.90. The zero-order valence-electron chi connectivity index (χ0n) is 26.2. The molecule has 2 aromatic heterocycles. The molecule has 12 heteroatoms. The predicted octanol–water partition coefficient (Wildman–Crippen LogP) is 4.75. The molecule has 4 aromatic rings. The second-order valence-corrected chi connectivity index (χ2v) is 10.8. The van der Waals surface area contributed by atoms with Crippen molar-refractivity contribution in [3.05, 3.63) is 84.8 Å². The van der Waals surface area contributed by atoms with Crippen molar-refractivity contribution in [2.45, 2.75) is 26.3 Å². The highest BCUT2D eigenvalue weighted by molar-refractivity contribution is 6.08. The smallest absolute Gasteiger partial charge is 0.260 e. The summed E-state index contributed by atoms with van der Waals surface area (Å²) in [6, 6.07) is 13.8. The van der Waals surface area contributed by atoms with E-state index in [1.165, 1.54) is 17.2 Å². The molecule has 4 N–H and O–H groups in total. The summed E-state index contributed by atoms with van der Waals surface area (Å²) < 4.78 is 0. The number of nitrogens with one attached hydrogen (secondary N) is 4. The molecule has 234 valence electrons. The minimum absolute atomic E-state index is 0.268. The van der Waals surface area contributed by atoms with Crippen LogP contribution in [0, 0.1) is 0 Å². The Bertz CT molecular complexity index is 1690. The second-order valence-electron chi connectivity index (χ2n) is 10.8. The number of anilines is 5. The lowest BCUT2D eigenvalue weighted by molar-refractivity contribution is -0.132. The van der Waals surface area contributed by atoms with Gasteiger partial charge in [-0.15, -0.1) is 0 Å². The van der Waals surface area contributed by atoms with Gasteiger partial charge in [-0.25, -0.2) is 4.98 Å². The highest BCUT2D eigenvalue weighted by Crippen LogP contribution is 2.23. The van der Waals surface area contributed by atoms with Gasteiger partial charge in [0.1, 0.15) is 17.4 Å². The second kappa shape index (κ2) is 15.4. The average Bonchev–Trinajstić information content (AvgIpc) is 3.03. The number of rotatable bonds is 13. The topological polar surface area (TPSA) is 144 Å². The third-order valence-corrected chi connectivity index (χ3v) is 6.90. The predicted molar refractivity (Wildman–Crippen MR) is 179 cm³/mol. The number of carbonyl (C=O) groups excluding carboxylic acids is 3. The Hall–Kier alpha value is -5.36. The van der Waals surface area contributed by atoms with Gasteiger partial charge < -0.3 is 31.1 Å². The van der Waals surface area contributed by atoms with Crippen LogP contribution in [-0.4, -0.2) is 82.7 Å². The number of nitrogens with zero attached hydrogens (tertiary/aromatic N) is 5. The molecule has 0 saturated heterocycles. The molecule has 0 aliphatic rings. The van der Waals surface area contributed by atoms with Gasteiger partial charge in [-0.1, -0.05) is 25.1 Å². The Morgan fingerprint density at radius 2 is 1.71 bits per heavy atom. The van der Waals surface area contributed by atoms with Gasteiger partial charge in [0.25, 0.3) is 5.91 Å². The van der Waals surface area contributed by atoms with E-state index in [-0.39, 0.29) is 17.4 Å². The monoisotopic (exact) mass is 609 g/mol. The molecule has 0 aliphatic heterocycles. The molecule has 4 rings (SSSR count). The molecule has 0 aliphatic carbocycles. The van der Waals surface area contributed by atoms with Crippen LogP contribution in [0.25, 0.3) is 10.8 Å². The maximum atomic E-state index is 13.4. The first-order valence-corrected chi connectivity index (χ1v) is 14.7. The Balaban J connectivity index is 1.43. The highest BCUT2D eigenvalue weighted by atomic mass is 16.2. The normalized spacial score (nSPS) is 11.8. The van der Waals surface area contributed by atoms with Gasteiger partial charge in [0, 0.05) is 67.3 Å². The lowest BCUT2D eigenvalue weighted by Crippen LogP contribution is -2.42. The fourth-order valence-electron chi connectivity index (χ4n) is 4.25. The molecule has 0 saturated carbocycles. The summed E-state index contributed by atoms with van der Waals surface area (Å²) in [5.74, 6) is -0.311. The van der Waals surface area contributed by atoms with Gasteiger partial charge in [0.05, 0.1) is 0 Å². The standard InChI is InChI=1S/C33H39N9O3/c1-6-15-35-30-28(21-36-33(40-30)39-27-13-12-24-20-34-16-14-23(24)18-27)32(45)38-26-10-7-9-25(19-26)37-31(44)22(2)42(5)29(43)11-8-17-41(3)4/h7-14,16,18-22H,6,15,17H2,1-5H3,(H,37,44)(H,38,45)(H2,35,36,39,40)/t22-/m0/s1.